The quantitative estimate of drug-likeness (QED) is 0.870. The van der Waals surface area contributed by atoms with Crippen molar-refractivity contribution in [3.8, 4) is 0 Å². The lowest BCUT2D eigenvalue weighted by Gasteiger charge is -2.18. The van der Waals surface area contributed by atoms with Crippen LogP contribution in [0.5, 0.6) is 0 Å². The van der Waals surface area contributed by atoms with Crippen molar-refractivity contribution in [3.05, 3.63) is 29.6 Å². The Morgan fingerprint density at radius 2 is 1.95 bits per heavy atom. The zero-order chi connectivity index (χ0) is 14.7. The molecule has 0 aliphatic rings. The fourth-order valence-electron chi connectivity index (χ4n) is 1.53. The molecule has 6 heteroatoms. The average Bonchev–Trinajstić information content (AvgIpc) is 2.26. The molecule has 0 spiro atoms. The van der Waals surface area contributed by atoms with E-state index < -0.39 is 15.8 Å². The molecule has 0 saturated heterocycles. The maximum atomic E-state index is 13.7. The van der Waals surface area contributed by atoms with E-state index in [1.165, 1.54) is 12.1 Å². The molecule has 1 aromatic rings. The largest absolute Gasteiger partial charge is 0.326 e. The maximum Gasteiger partial charge on any atom is 0.243 e. The Kier molecular flexibility index (Phi) is 5.06. The van der Waals surface area contributed by atoms with E-state index in [0.717, 1.165) is 6.07 Å². The zero-order valence-electron chi connectivity index (χ0n) is 11.5. The Morgan fingerprint density at radius 3 is 2.42 bits per heavy atom. The number of sulfonamides is 1. The van der Waals surface area contributed by atoms with E-state index in [4.69, 9.17) is 5.73 Å². The molecule has 0 saturated carbocycles. The van der Waals surface area contributed by atoms with Crippen LogP contribution in [0.1, 0.15) is 32.8 Å². The molecule has 4 nitrogen and oxygen atoms in total. The summed E-state index contributed by atoms with van der Waals surface area (Å²) in [7, 11) is -3.80. The molecule has 0 radical (unpaired) electrons. The van der Waals surface area contributed by atoms with Crippen molar-refractivity contribution in [2.75, 3.05) is 6.54 Å². The van der Waals surface area contributed by atoms with Crippen LogP contribution in [-0.4, -0.2) is 15.0 Å². The van der Waals surface area contributed by atoms with Crippen LogP contribution in [0, 0.1) is 11.2 Å². The lowest BCUT2D eigenvalue weighted by Crippen LogP contribution is -2.28. The van der Waals surface area contributed by atoms with Crippen LogP contribution in [0.4, 0.5) is 4.39 Å². The van der Waals surface area contributed by atoms with Gasteiger partial charge in [0.15, 0.2) is 0 Å². The lowest BCUT2D eigenvalue weighted by molar-refractivity contribution is 0.378. The number of nitrogens with two attached hydrogens (primary N) is 1. The second-order valence-electron chi connectivity index (χ2n) is 5.68. The van der Waals surface area contributed by atoms with E-state index in [9.17, 15) is 12.8 Å². The van der Waals surface area contributed by atoms with E-state index in [-0.39, 0.29) is 23.4 Å². The Labute approximate surface area is 114 Å². The van der Waals surface area contributed by atoms with E-state index in [1.54, 1.807) is 0 Å². The predicted molar refractivity (Wildman–Crippen MR) is 73.6 cm³/mol. The highest BCUT2D eigenvalue weighted by Gasteiger charge is 2.20. The highest BCUT2D eigenvalue weighted by molar-refractivity contribution is 7.89. The number of nitrogens with one attached hydrogen (secondary N) is 1. The minimum atomic E-state index is -3.80. The van der Waals surface area contributed by atoms with E-state index in [0.29, 0.717) is 12.0 Å². The van der Waals surface area contributed by atoms with Crippen molar-refractivity contribution in [2.45, 2.75) is 38.6 Å². The standard InChI is InChI=1S/C13H21FN2O2S/c1-13(2,3)6-7-16-19(17,18)12-5-4-10(9-15)8-11(12)14/h4-5,8,16H,6-7,9,15H2,1-3H3. The number of rotatable bonds is 5. The summed E-state index contributed by atoms with van der Waals surface area (Å²) in [6, 6.07) is 3.91. The number of benzene rings is 1. The fraction of sp³-hybridized carbons (Fsp3) is 0.538. The molecule has 0 aliphatic heterocycles. The molecular formula is C13H21FN2O2S. The van der Waals surface area contributed by atoms with Gasteiger partial charge in [0.05, 0.1) is 0 Å². The SMILES string of the molecule is CC(C)(C)CCNS(=O)(=O)c1ccc(CN)cc1F. The number of hydrogen-bond donors (Lipinski definition) is 2. The Hall–Kier alpha value is -0.980. The van der Waals surface area contributed by atoms with Crippen molar-refractivity contribution >= 4 is 10.0 Å². The first-order valence-corrected chi connectivity index (χ1v) is 7.62. The third-order valence-electron chi connectivity index (χ3n) is 2.69. The maximum absolute atomic E-state index is 13.7. The predicted octanol–water partition coefficient (Wildman–Crippen LogP) is 2.00. The molecular weight excluding hydrogens is 267 g/mol. The van der Waals surface area contributed by atoms with E-state index in [2.05, 4.69) is 4.72 Å². The summed E-state index contributed by atoms with van der Waals surface area (Å²) in [5.74, 6) is -0.772. The molecule has 0 bridgehead atoms. The summed E-state index contributed by atoms with van der Waals surface area (Å²) in [6.45, 7) is 6.49. The van der Waals surface area contributed by atoms with Crippen LogP contribution in [0.3, 0.4) is 0 Å². The van der Waals surface area contributed by atoms with Crippen LogP contribution in [0.2, 0.25) is 0 Å². The van der Waals surface area contributed by atoms with Gasteiger partial charge in [0.25, 0.3) is 0 Å². The molecule has 0 atom stereocenters. The third-order valence-corrected chi connectivity index (χ3v) is 4.18. The van der Waals surface area contributed by atoms with Gasteiger partial charge in [-0.15, -0.1) is 0 Å². The summed E-state index contributed by atoms with van der Waals surface area (Å²) < 4.78 is 40.0. The van der Waals surface area contributed by atoms with Crippen LogP contribution in [0.25, 0.3) is 0 Å². The van der Waals surface area contributed by atoms with Crippen molar-refractivity contribution in [2.24, 2.45) is 11.1 Å². The monoisotopic (exact) mass is 288 g/mol. The first-order valence-electron chi connectivity index (χ1n) is 6.14. The third kappa shape index (κ3) is 4.89. The summed E-state index contributed by atoms with van der Waals surface area (Å²) in [5, 5.41) is 0. The van der Waals surface area contributed by atoms with Crippen molar-refractivity contribution in [1.82, 2.24) is 4.72 Å². The molecule has 0 aliphatic carbocycles. The van der Waals surface area contributed by atoms with Crippen molar-refractivity contribution in [3.63, 3.8) is 0 Å². The minimum Gasteiger partial charge on any atom is -0.326 e. The molecule has 0 aromatic heterocycles. The Morgan fingerprint density at radius 1 is 1.32 bits per heavy atom. The second kappa shape index (κ2) is 5.98. The summed E-state index contributed by atoms with van der Waals surface area (Å²) >= 11 is 0. The molecule has 1 rings (SSSR count). The summed E-state index contributed by atoms with van der Waals surface area (Å²) in [5.41, 5.74) is 5.95. The van der Waals surface area contributed by atoms with Gasteiger partial charge in [0, 0.05) is 13.1 Å². The highest BCUT2D eigenvalue weighted by Crippen LogP contribution is 2.19. The Balaban J connectivity index is 2.83. The highest BCUT2D eigenvalue weighted by atomic mass is 32.2. The van der Waals surface area contributed by atoms with Crippen LogP contribution in [0.15, 0.2) is 23.1 Å². The Bertz CT molecular complexity index is 536. The fourth-order valence-corrected chi connectivity index (χ4v) is 2.62. The smallest absolute Gasteiger partial charge is 0.243 e. The number of halogens is 1. The van der Waals surface area contributed by atoms with Gasteiger partial charge in [0.2, 0.25) is 10.0 Å². The lowest BCUT2D eigenvalue weighted by atomic mass is 9.93. The van der Waals surface area contributed by atoms with Gasteiger partial charge >= 0.3 is 0 Å². The molecule has 0 unspecified atom stereocenters. The number of hydrogen-bond acceptors (Lipinski definition) is 3. The molecule has 19 heavy (non-hydrogen) atoms. The van der Waals surface area contributed by atoms with Gasteiger partial charge in [-0.1, -0.05) is 26.8 Å². The second-order valence-corrected chi connectivity index (χ2v) is 7.41. The van der Waals surface area contributed by atoms with E-state index >= 15 is 0 Å². The van der Waals surface area contributed by atoms with Crippen molar-refractivity contribution < 1.29 is 12.8 Å². The topological polar surface area (TPSA) is 72.2 Å². The summed E-state index contributed by atoms with van der Waals surface area (Å²) in [4.78, 5) is -0.335. The van der Waals surface area contributed by atoms with Gasteiger partial charge in [-0.2, -0.15) is 0 Å². The van der Waals surface area contributed by atoms with Gasteiger partial charge in [-0.3, -0.25) is 0 Å². The van der Waals surface area contributed by atoms with Gasteiger partial charge in [-0.25, -0.2) is 17.5 Å². The first kappa shape index (κ1) is 16.1. The molecule has 108 valence electrons. The molecule has 0 heterocycles. The zero-order valence-corrected chi connectivity index (χ0v) is 12.3. The first-order chi connectivity index (χ1) is 8.65. The molecule has 0 fully saturated rings. The minimum absolute atomic E-state index is 0.0183. The van der Waals surface area contributed by atoms with Crippen LogP contribution in [-0.2, 0) is 16.6 Å². The molecule has 1 aromatic carbocycles. The molecule has 0 amide bonds. The van der Waals surface area contributed by atoms with Crippen molar-refractivity contribution in [1.29, 1.82) is 0 Å². The van der Waals surface area contributed by atoms with Gasteiger partial charge < -0.3 is 5.73 Å². The van der Waals surface area contributed by atoms with E-state index in [1.807, 2.05) is 20.8 Å². The summed E-state index contributed by atoms with van der Waals surface area (Å²) in [6.07, 6.45) is 0.675. The molecule has 3 N–H and O–H groups in total. The van der Waals surface area contributed by atoms with Gasteiger partial charge in [-0.05, 0) is 29.5 Å². The van der Waals surface area contributed by atoms with Crippen LogP contribution < -0.4 is 10.5 Å². The average molecular weight is 288 g/mol. The van der Waals surface area contributed by atoms with Gasteiger partial charge in [0.1, 0.15) is 10.7 Å². The van der Waals surface area contributed by atoms with Crippen LogP contribution >= 0.6 is 0 Å². The normalized spacial score (nSPS) is 12.7.